The third-order valence-corrected chi connectivity index (χ3v) is 4.68. The summed E-state index contributed by atoms with van der Waals surface area (Å²) in [5, 5.41) is 6.99. The quantitative estimate of drug-likeness (QED) is 0.509. The van der Waals surface area contributed by atoms with Gasteiger partial charge in [-0.15, -0.1) is 0 Å². The van der Waals surface area contributed by atoms with Gasteiger partial charge >= 0.3 is 0 Å². The third-order valence-electron chi connectivity index (χ3n) is 4.68. The molecule has 28 heavy (non-hydrogen) atoms. The Balaban J connectivity index is 1.44. The first-order valence-corrected chi connectivity index (χ1v) is 8.82. The summed E-state index contributed by atoms with van der Waals surface area (Å²) in [5.74, 6) is 0.0757. The number of fused-ring (bicyclic) bond motifs is 2. The topological polar surface area (TPSA) is 92.9 Å². The lowest BCUT2D eigenvalue weighted by Gasteiger charge is -1.97. The molecule has 0 aliphatic heterocycles. The van der Waals surface area contributed by atoms with E-state index in [4.69, 9.17) is 0 Å². The van der Waals surface area contributed by atoms with E-state index in [2.05, 4.69) is 25.4 Å². The number of nitrogens with one attached hydrogen (secondary N) is 2. The van der Waals surface area contributed by atoms with E-state index < -0.39 is 0 Å². The average molecular weight is 371 g/mol. The summed E-state index contributed by atoms with van der Waals surface area (Å²) in [5.41, 5.74) is 5.72. The van der Waals surface area contributed by atoms with E-state index in [9.17, 15) is 4.79 Å². The molecule has 0 atom stereocenters. The summed E-state index contributed by atoms with van der Waals surface area (Å²) in [6.07, 6.45) is 5.48. The summed E-state index contributed by atoms with van der Waals surface area (Å²) in [7, 11) is 1.88. The lowest BCUT2D eigenvalue weighted by atomic mass is 10.1. The van der Waals surface area contributed by atoms with Crippen molar-refractivity contribution in [3.05, 3.63) is 66.4 Å². The van der Waals surface area contributed by atoms with Crippen LogP contribution in [0.2, 0.25) is 0 Å². The van der Waals surface area contributed by atoms with Crippen LogP contribution >= 0.6 is 0 Å². The van der Waals surface area contributed by atoms with Crippen molar-refractivity contribution in [3.8, 4) is 11.1 Å². The first kappa shape index (κ1) is 16.2. The number of aromatic nitrogens is 6. The molecule has 2 N–H and O–H groups in total. The van der Waals surface area contributed by atoms with Crippen LogP contribution in [0.15, 0.2) is 55.0 Å². The minimum absolute atomic E-state index is 0.311. The largest absolute Gasteiger partial charge is 0.324 e. The van der Waals surface area contributed by atoms with Gasteiger partial charge in [0.05, 0.1) is 17.2 Å². The van der Waals surface area contributed by atoms with E-state index in [1.54, 1.807) is 10.9 Å². The Hall–Kier alpha value is -3.94. The van der Waals surface area contributed by atoms with Crippen molar-refractivity contribution in [3.63, 3.8) is 0 Å². The number of carbonyl (C=O) groups excluding carboxylic acids is 1. The third kappa shape index (κ3) is 2.71. The van der Waals surface area contributed by atoms with Crippen molar-refractivity contribution in [1.29, 1.82) is 0 Å². The second kappa shape index (κ2) is 6.05. The monoisotopic (exact) mass is 371 g/mol. The SMILES string of the molecule is Cc1cccc2nc(C(=O)Nc3nc4cc(-c5cnn(C)c5)ccc4[nH]3)cn12. The molecule has 4 heterocycles. The first-order valence-electron chi connectivity index (χ1n) is 8.82. The van der Waals surface area contributed by atoms with Crippen LogP contribution in [0.5, 0.6) is 0 Å². The molecule has 0 spiro atoms. The molecule has 0 saturated carbocycles. The fourth-order valence-corrected chi connectivity index (χ4v) is 3.24. The van der Waals surface area contributed by atoms with Crippen molar-refractivity contribution in [2.75, 3.05) is 5.32 Å². The number of benzene rings is 1. The first-order chi connectivity index (χ1) is 13.6. The molecule has 0 aliphatic carbocycles. The van der Waals surface area contributed by atoms with E-state index in [1.165, 1.54) is 0 Å². The zero-order valence-electron chi connectivity index (χ0n) is 15.3. The predicted molar refractivity (Wildman–Crippen MR) is 106 cm³/mol. The zero-order valence-corrected chi connectivity index (χ0v) is 15.3. The number of amides is 1. The van der Waals surface area contributed by atoms with Crippen molar-refractivity contribution in [2.24, 2.45) is 7.05 Å². The van der Waals surface area contributed by atoms with Gasteiger partial charge in [0.1, 0.15) is 11.3 Å². The number of anilines is 1. The highest BCUT2D eigenvalue weighted by molar-refractivity contribution is 6.03. The summed E-state index contributed by atoms with van der Waals surface area (Å²) >= 11 is 0. The number of imidazole rings is 2. The second-order valence-electron chi connectivity index (χ2n) is 6.70. The van der Waals surface area contributed by atoms with Crippen LogP contribution in [0.3, 0.4) is 0 Å². The highest BCUT2D eigenvalue weighted by Gasteiger charge is 2.14. The number of aryl methyl sites for hydroxylation is 2. The molecule has 0 aliphatic rings. The predicted octanol–water partition coefficient (Wildman–Crippen LogP) is 3.17. The van der Waals surface area contributed by atoms with Crippen molar-refractivity contribution >= 4 is 28.5 Å². The maximum atomic E-state index is 12.6. The summed E-state index contributed by atoms with van der Waals surface area (Å²) in [4.78, 5) is 24.6. The highest BCUT2D eigenvalue weighted by Crippen LogP contribution is 2.24. The van der Waals surface area contributed by atoms with Gasteiger partial charge in [0.15, 0.2) is 0 Å². The van der Waals surface area contributed by atoms with Crippen LogP contribution in [0.4, 0.5) is 5.95 Å². The Morgan fingerprint density at radius 1 is 1.11 bits per heavy atom. The molecule has 0 fully saturated rings. The van der Waals surface area contributed by atoms with E-state index in [0.29, 0.717) is 11.6 Å². The Kier molecular flexibility index (Phi) is 3.51. The molecule has 8 heteroatoms. The Bertz CT molecular complexity index is 1340. The molecule has 0 radical (unpaired) electrons. The summed E-state index contributed by atoms with van der Waals surface area (Å²) in [6, 6.07) is 11.6. The Morgan fingerprint density at radius 2 is 2.00 bits per heavy atom. The molecule has 1 amide bonds. The van der Waals surface area contributed by atoms with Gasteiger partial charge in [-0.2, -0.15) is 5.10 Å². The molecule has 0 saturated heterocycles. The lowest BCUT2D eigenvalue weighted by Crippen LogP contribution is -2.13. The van der Waals surface area contributed by atoms with Crippen molar-refractivity contribution in [2.45, 2.75) is 6.92 Å². The summed E-state index contributed by atoms with van der Waals surface area (Å²) < 4.78 is 3.64. The van der Waals surface area contributed by atoms with Gasteiger partial charge in [-0.05, 0) is 36.8 Å². The molecular weight excluding hydrogens is 354 g/mol. The van der Waals surface area contributed by atoms with Crippen molar-refractivity contribution in [1.82, 2.24) is 29.1 Å². The number of aromatic amines is 1. The summed E-state index contributed by atoms with van der Waals surface area (Å²) in [6.45, 7) is 1.97. The van der Waals surface area contributed by atoms with Gasteiger partial charge in [-0.3, -0.25) is 14.8 Å². The van der Waals surface area contributed by atoms with Gasteiger partial charge < -0.3 is 9.38 Å². The van der Waals surface area contributed by atoms with E-state index >= 15 is 0 Å². The van der Waals surface area contributed by atoms with Gasteiger partial charge in [0.2, 0.25) is 5.95 Å². The number of carbonyl (C=O) groups is 1. The van der Waals surface area contributed by atoms with Crippen LogP contribution in [-0.2, 0) is 7.05 Å². The number of H-pyrrole nitrogens is 1. The molecule has 5 rings (SSSR count). The minimum Gasteiger partial charge on any atom is -0.324 e. The molecular formula is C20H17N7O. The second-order valence-corrected chi connectivity index (χ2v) is 6.70. The van der Waals surface area contributed by atoms with Gasteiger partial charge in [0, 0.05) is 30.7 Å². The zero-order chi connectivity index (χ0) is 19.3. The standard InChI is InChI=1S/C20H17N7O/c1-12-4-3-5-18-22-17(11-27(12)18)19(28)25-20-23-15-7-6-13(8-16(15)24-20)14-9-21-26(2)10-14/h3-11H,1-2H3,(H2,23,24,25,28). The van der Waals surface area contributed by atoms with Crippen LogP contribution in [0.1, 0.15) is 16.2 Å². The Morgan fingerprint density at radius 3 is 2.79 bits per heavy atom. The molecule has 0 unspecified atom stereocenters. The normalized spacial score (nSPS) is 11.4. The van der Waals surface area contributed by atoms with Gasteiger partial charge in [0.25, 0.3) is 5.91 Å². The minimum atomic E-state index is -0.311. The lowest BCUT2D eigenvalue weighted by molar-refractivity contribution is 0.102. The molecule has 4 aromatic heterocycles. The van der Waals surface area contributed by atoms with Crippen LogP contribution in [0.25, 0.3) is 27.8 Å². The number of pyridine rings is 1. The van der Waals surface area contributed by atoms with E-state index in [1.807, 2.05) is 67.2 Å². The maximum Gasteiger partial charge on any atom is 0.278 e. The molecule has 138 valence electrons. The van der Waals surface area contributed by atoms with Crippen molar-refractivity contribution < 1.29 is 4.79 Å². The number of nitrogens with zero attached hydrogens (tertiary/aromatic N) is 5. The maximum absolute atomic E-state index is 12.6. The smallest absolute Gasteiger partial charge is 0.278 e. The fraction of sp³-hybridized carbons (Fsp3) is 0.100. The molecule has 1 aromatic carbocycles. The van der Waals surface area contributed by atoms with E-state index in [0.717, 1.165) is 33.5 Å². The fourth-order valence-electron chi connectivity index (χ4n) is 3.24. The van der Waals surface area contributed by atoms with Gasteiger partial charge in [-0.1, -0.05) is 12.1 Å². The van der Waals surface area contributed by atoms with Crippen LogP contribution in [0, 0.1) is 6.92 Å². The molecule has 5 aromatic rings. The highest BCUT2D eigenvalue weighted by atomic mass is 16.2. The number of rotatable bonds is 3. The van der Waals surface area contributed by atoms with Crippen LogP contribution in [-0.4, -0.2) is 35.0 Å². The Labute approximate surface area is 159 Å². The number of hydrogen-bond acceptors (Lipinski definition) is 4. The average Bonchev–Trinajstić information content (AvgIpc) is 3.38. The number of hydrogen-bond donors (Lipinski definition) is 2. The molecule has 8 nitrogen and oxygen atoms in total. The van der Waals surface area contributed by atoms with E-state index in [-0.39, 0.29) is 5.91 Å². The molecule has 0 bridgehead atoms. The van der Waals surface area contributed by atoms with Crippen LogP contribution < -0.4 is 5.32 Å². The van der Waals surface area contributed by atoms with Gasteiger partial charge in [-0.25, -0.2) is 9.97 Å².